The molecule has 0 radical (unpaired) electrons. The summed E-state index contributed by atoms with van der Waals surface area (Å²) < 4.78 is 0. The quantitative estimate of drug-likeness (QED) is 0.0561. The molecule has 0 fully saturated rings. The summed E-state index contributed by atoms with van der Waals surface area (Å²) in [5.41, 5.74) is 0. The highest BCUT2D eigenvalue weighted by Gasteiger charge is 2.19. The highest BCUT2D eigenvalue weighted by atomic mass is 16.3. The molecule has 40 heavy (non-hydrogen) atoms. The molecule has 2 atom stereocenters. The van der Waals surface area contributed by atoms with Gasteiger partial charge in [0, 0.05) is 6.42 Å². The van der Waals surface area contributed by atoms with Gasteiger partial charge in [-0.25, -0.2) is 0 Å². The Morgan fingerprint density at radius 3 is 1.38 bits per heavy atom. The summed E-state index contributed by atoms with van der Waals surface area (Å²) in [5.74, 6) is -0.0407. The van der Waals surface area contributed by atoms with Crippen LogP contribution in [0.25, 0.3) is 0 Å². The number of nitrogens with one attached hydrogen (secondary N) is 1. The Labute approximate surface area is 250 Å². The van der Waals surface area contributed by atoms with E-state index in [9.17, 15) is 15.0 Å². The summed E-state index contributed by atoms with van der Waals surface area (Å²) in [6, 6.07) is -0.534. The molecule has 0 rings (SSSR count). The first-order chi connectivity index (χ1) is 19.7. The van der Waals surface area contributed by atoms with Crippen LogP contribution >= 0.6 is 0 Å². The fraction of sp³-hybridized carbons (Fsp3) is 0.917. The van der Waals surface area contributed by atoms with E-state index < -0.39 is 12.1 Å². The van der Waals surface area contributed by atoms with E-state index >= 15 is 0 Å². The molecular weight excluding hydrogens is 494 g/mol. The number of rotatable bonds is 32. The van der Waals surface area contributed by atoms with Gasteiger partial charge in [0.2, 0.25) is 5.91 Å². The van der Waals surface area contributed by atoms with Gasteiger partial charge in [0.25, 0.3) is 0 Å². The maximum absolute atomic E-state index is 12.3. The Bertz CT molecular complexity index is 536. The van der Waals surface area contributed by atoms with Crippen LogP contribution < -0.4 is 5.32 Å². The third-order valence-electron chi connectivity index (χ3n) is 8.28. The highest BCUT2D eigenvalue weighted by Crippen LogP contribution is 2.15. The van der Waals surface area contributed by atoms with E-state index in [4.69, 9.17) is 0 Å². The third kappa shape index (κ3) is 28.7. The zero-order chi connectivity index (χ0) is 29.4. The van der Waals surface area contributed by atoms with Crippen LogP contribution in [0.3, 0.4) is 0 Å². The molecule has 0 aromatic rings. The Kier molecular flexibility index (Phi) is 31.9. The number of allylic oxidation sites excluding steroid dienone is 2. The number of carbonyl (C=O) groups excluding carboxylic acids is 1. The lowest BCUT2D eigenvalue weighted by atomic mass is 10.0. The summed E-state index contributed by atoms with van der Waals surface area (Å²) in [7, 11) is 0. The van der Waals surface area contributed by atoms with Crippen molar-refractivity contribution in [2.45, 2.75) is 206 Å². The SMILES string of the molecule is CCCCCCCCC=CCCCCCCCC(=O)N[C@@H](CO)[C@H](O)CCCCCCCCCCCCCCC. The predicted molar refractivity (Wildman–Crippen MR) is 175 cm³/mol. The van der Waals surface area contributed by atoms with Crippen LogP contribution in [-0.4, -0.2) is 34.9 Å². The van der Waals surface area contributed by atoms with E-state index in [0.717, 1.165) is 25.7 Å². The smallest absolute Gasteiger partial charge is 0.220 e. The molecule has 0 aliphatic carbocycles. The van der Waals surface area contributed by atoms with Gasteiger partial charge in [-0.1, -0.05) is 161 Å². The van der Waals surface area contributed by atoms with Crippen molar-refractivity contribution in [2.75, 3.05) is 6.61 Å². The molecule has 0 spiro atoms. The lowest BCUT2D eigenvalue weighted by Gasteiger charge is -2.22. The molecule has 0 saturated carbocycles. The Morgan fingerprint density at radius 1 is 0.575 bits per heavy atom. The Hall–Kier alpha value is -0.870. The number of aliphatic hydroxyl groups is 2. The fourth-order valence-electron chi connectivity index (χ4n) is 5.47. The predicted octanol–water partition coefficient (Wildman–Crippen LogP) is 10.3. The molecule has 0 aliphatic rings. The van der Waals surface area contributed by atoms with Crippen molar-refractivity contribution < 1.29 is 15.0 Å². The number of unbranched alkanes of at least 4 members (excludes halogenated alkanes) is 23. The monoisotopic (exact) mass is 566 g/mol. The molecule has 1 amide bonds. The van der Waals surface area contributed by atoms with Crippen molar-refractivity contribution in [1.29, 1.82) is 0 Å². The van der Waals surface area contributed by atoms with Crippen molar-refractivity contribution in [1.82, 2.24) is 5.32 Å². The molecule has 238 valence electrons. The maximum Gasteiger partial charge on any atom is 0.220 e. The average Bonchev–Trinajstić information content (AvgIpc) is 2.96. The van der Waals surface area contributed by atoms with Crippen LogP contribution in [0.5, 0.6) is 0 Å². The van der Waals surface area contributed by atoms with Crippen LogP contribution in [-0.2, 0) is 4.79 Å². The first-order valence-electron chi connectivity index (χ1n) is 17.9. The lowest BCUT2D eigenvalue weighted by Crippen LogP contribution is -2.45. The number of aliphatic hydroxyl groups excluding tert-OH is 2. The molecule has 0 unspecified atom stereocenters. The molecule has 0 aromatic carbocycles. The minimum Gasteiger partial charge on any atom is -0.394 e. The van der Waals surface area contributed by atoms with Gasteiger partial charge in [0.05, 0.1) is 18.8 Å². The van der Waals surface area contributed by atoms with Gasteiger partial charge in [-0.05, 0) is 38.5 Å². The van der Waals surface area contributed by atoms with E-state index in [1.165, 1.54) is 141 Å². The average molecular weight is 566 g/mol. The molecule has 0 aromatic heterocycles. The van der Waals surface area contributed by atoms with E-state index in [0.29, 0.717) is 12.8 Å². The van der Waals surface area contributed by atoms with Crippen LogP contribution in [0.4, 0.5) is 0 Å². The van der Waals surface area contributed by atoms with Crippen molar-refractivity contribution in [3.05, 3.63) is 12.2 Å². The normalized spacial score (nSPS) is 13.2. The van der Waals surface area contributed by atoms with E-state index in [1.54, 1.807) is 0 Å². The van der Waals surface area contributed by atoms with Gasteiger partial charge in [-0.2, -0.15) is 0 Å². The third-order valence-corrected chi connectivity index (χ3v) is 8.28. The second kappa shape index (κ2) is 32.6. The topological polar surface area (TPSA) is 69.6 Å². The number of amides is 1. The summed E-state index contributed by atoms with van der Waals surface area (Å²) in [6.45, 7) is 4.34. The largest absolute Gasteiger partial charge is 0.394 e. The maximum atomic E-state index is 12.3. The van der Waals surface area contributed by atoms with Crippen LogP contribution in [0.1, 0.15) is 194 Å². The van der Waals surface area contributed by atoms with Gasteiger partial charge in [0.1, 0.15) is 0 Å². The van der Waals surface area contributed by atoms with Crippen LogP contribution in [0, 0.1) is 0 Å². The van der Waals surface area contributed by atoms with Gasteiger partial charge in [-0.3, -0.25) is 4.79 Å². The molecular formula is C36H71NO3. The fourth-order valence-corrected chi connectivity index (χ4v) is 5.47. The van der Waals surface area contributed by atoms with Gasteiger partial charge < -0.3 is 15.5 Å². The molecule has 0 saturated heterocycles. The van der Waals surface area contributed by atoms with E-state index in [1.807, 2.05) is 0 Å². The zero-order valence-electron chi connectivity index (χ0n) is 27.1. The van der Waals surface area contributed by atoms with Crippen LogP contribution in [0.15, 0.2) is 12.2 Å². The van der Waals surface area contributed by atoms with Gasteiger partial charge in [-0.15, -0.1) is 0 Å². The molecule has 0 aliphatic heterocycles. The molecule has 4 nitrogen and oxygen atoms in total. The second-order valence-corrected chi connectivity index (χ2v) is 12.3. The van der Waals surface area contributed by atoms with Gasteiger partial charge >= 0.3 is 0 Å². The van der Waals surface area contributed by atoms with Crippen LogP contribution in [0.2, 0.25) is 0 Å². The first kappa shape index (κ1) is 39.1. The van der Waals surface area contributed by atoms with E-state index in [2.05, 4.69) is 31.3 Å². The Balaban J connectivity index is 3.58. The van der Waals surface area contributed by atoms with Crippen molar-refractivity contribution in [3.63, 3.8) is 0 Å². The number of carbonyl (C=O) groups is 1. The van der Waals surface area contributed by atoms with Crippen molar-refractivity contribution in [3.8, 4) is 0 Å². The zero-order valence-corrected chi connectivity index (χ0v) is 27.1. The summed E-state index contributed by atoms with van der Waals surface area (Å²) >= 11 is 0. The second-order valence-electron chi connectivity index (χ2n) is 12.3. The Morgan fingerprint density at radius 2 is 0.950 bits per heavy atom. The molecule has 0 bridgehead atoms. The summed E-state index contributed by atoms with van der Waals surface area (Å²) in [6.07, 6.45) is 38.3. The highest BCUT2D eigenvalue weighted by molar-refractivity contribution is 5.76. The van der Waals surface area contributed by atoms with Crippen molar-refractivity contribution >= 4 is 5.91 Å². The van der Waals surface area contributed by atoms with Gasteiger partial charge in [0.15, 0.2) is 0 Å². The number of hydrogen-bond donors (Lipinski definition) is 3. The molecule has 0 heterocycles. The summed E-state index contributed by atoms with van der Waals surface area (Å²) in [4.78, 5) is 12.3. The lowest BCUT2D eigenvalue weighted by molar-refractivity contribution is -0.123. The van der Waals surface area contributed by atoms with E-state index in [-0.39, 0.29) is 12.5 Å². The molecule has 4 heteroatoms. The molecule has 3 N–H and O–H groups in total. The minimum atomic E-state index is -0.657. The summed E-state index contributed by atoms with van der Waals surface area (Å²) in [5, 5.41) is 23.0. The van der Waals surface area contributed by atoms with Crippen molar-refractivity contribution in [2.24, 2.45) is 0 Å². The first-order valence-corrected chi connectivity index (χ1v) is 17.9. The minimum absolute atomic E-state index is 0.0407. The standard InChI is InChI=1S/C36H71NO3/c1-3-5-7-9-11-13-15-17-18-20-22-24-26-28-30-32-36(40)37-34(33-38)35(39)31-29-27-25-23-21-19-16-14-12-10-8-6-4-2/h17-18,34-35,38-39H,3-16,19-33H2,1-2H3,(H,37,40)/t34-,35+/m0/s1. The number of hydrogen-bond acceptors (Lipinski definition) is 3.